The summed E-state index contributed by atoms with van der Waals surface area (Å²) < 4.78 is 5.08. The number of carboxylic acid groups (broad SMARTS) is 1. The molecule has 1 amide bonds. The van der Waals surface area contributed by atoms with Gasteiger partial charge in [-0.25, -0.2) is 0 Å². The number of ether oxygens (including phenoxy) is 1. The lowest BCUT2D eigenvalue weighted by atomic mass is 10.0. The van der Waals surface area contributed by atoms with E-state index >= 15 is 0 Å². The number of nitrogens with one attached hydrogen (secondary N) is 1. The van der Waals surface area contributed by atoms with Gasteiger partial charge in [-0.2, -0.15) is 0 Å². The molecular weight excluding hydrogens is 282 g/mol. The average molecular weight is 299 g/mol. The summed E-state index contributed by atoms with van der Waals surface area (Å²) >= 11 is 0. The molecule has 5 heteroatoms. The van der Waals surface area contributed by atoms with E-state index in [1.54, 1.807) is 55.6 Å². The van der Waals surface area contributed by atoms with Gasteiger partial charge in [0.25, 0.3) is 5.91 Å². The fourth-order valence-electron chi connectivity index (χ4n) is 2.09. The smallest absolute Gasteiger partial charge is 0.305 e. The number of amides is 1. The normalized spacial score (nSPS) is 11.5. The lowest BCUT2D eigenvalue weighted by Gasteiger charge is -2.18. The third kappa shape index (κ3) is 4.09. The number of carboxylic acids is 1. The van der Waals surface area contributed by atoms with Crippen LogP contribution in [-0.4, -0.2) is 24.1 Å². The van der Waals surface area contributed by atoms with Crippen LogP contribution in [0.5, 0.6) is 5.75 Å². The van der Waals surface area contributed by atoms with Crippen molar-refractivity contribution in [3.63, 3.8) is 0 Å². The minimum Gasteiger partial charge on any atom is -0.497 e. The Balaban J connectivity index is 2.18. The minimum absolute atomic E-state index is 0.190. The Morgan fingerprint density at radius 3 is 2.27 bits per heavy atom. The number of aliphatic carboxylic acids is 1. The number of methoxy groups -OCH3 is 1. The van der Waals surface area contributed by atoms with Gasteiger partial charge < -0.3 is 15.2 Å². The Morgan fingerprint density at radius 1 is 1.09 bits per heavy atom. The summed E-state index contributed by atoms with van der Waals surface area (Å²) in [5.74, 6) is -0.607. The van der Waals surface area contributed by atoms with E-state index in [2.05, 4.69) is 5.32 Å². The third-order valence-corrected chi connectivity index (χ3v) is 3.24. The van der Waals surface area contributed by atoms with Crippen molar-refractivity contribution in [1.82, 2.24) is 5.32 Å². The molecule has 0 bridgehead atoms. The van der Waals surface area contributed by atoms with Crippen LogP contribution in [0.4, 0.5) is 0 Å². The maximum Gasteiger partial charge on any atom is 0.305 e. The molecule has 0 saturated carbocycles. The van der Waals surface area contributed by atoms with Gasteiger partial charge in [-0.15, -0.1) is 0 Å². The van der Waals surface area contributed by atoms with Gasteiger partial charge in [-0.1, -0.05) is 30.3 Å². The van der Waals surface area contributed by atoms with E-state index < -0.39 is 12.0 Å². The first-order chi connectivity index (χ1) is 10.6. The Labute approximate surface area is 128 Å². The largest absolute Gasteiger partial charge is 0.497 e. The van der Waals surface area contributed by atoms with Crippen molar-refractivity contribution in [1.29, 1.82) is 0 Å². The number of benzene rings is 2. The maximum atomic E-state index is 12.2. The molecule has 2 rings (SSSR count). The lowest BCUT2D eigenvalue weighted by Crippen LogP contribution is -2.30. The Kier molecular flexibility index (Phi) is 5.14. The van der Waals surface area contributed by atoms with E-state index in [1.807, 2.05) is 6.07 Å². The van der Waals surface area contributed by atoms with Crippen LogP contribution in [0.15, 0.2) is 54.6 Å². The Hall–Kier alpha value is -2.82. The summed E-state index contributed by atoms with van der Waals surface area (Å²) in [6.07, 6.45) is -0.190. The van der Waals surface area contributed by atoms with Crippen molar-refractivity contribution in [3.05, 3.63) is 65.7 Å². The summed E-state index contributed by atoms with van der Waals surface area (Å²) in [6, 6.07) is 15.1. The van der Waals surface area contributed by atoms with Gasteiger partial charge in [0.2, 0.25) is 0 Å². The van der Waals surface area contributed by atoms with Crippen molar-refractivity contribution in [2.75, 3.05) is 7.11 Å². The molecule has 0 aliphatic heterocycles. The van der Waals surface area contributed by atoms with Crippen LogP contribution in [0.2, 0.25) is 0 Å². The minimum atomic E-state index is -0.978. The molecule has 114 valence electrons. The molecular formula is C17H17NO4. The van der Waals surface area contributed by atoms with Gasteiger partial charge in [0.1, 0.15) is 5.75 Å². The van der Waals surface area contributed by atoms with E-state index in [0.717, 1.165) is 0 Å². The maximum absolute atomic E-state index is 12.2. The molecule has 0 aromatic heterocycles. The second-order valence-electron chi connectivity index (χ2n) is 4.76. The fraction of sp³-hybridized carbons (Fsp3) is 0.176. The first-order valence-corrected chi connectivity index (χ1v) is 6.82. The zero-order chi connectivity index (χ0) is 15.9. The van der Waals surface area contributed by atoms with Crippen molar-refractivity contribution in [3.8, 4) is 5.75 Å². The summed E-state index contributed by atoms with van der Waals surface area (Å²) in [5, 5.41) is 11.8. The van der Waals surface area contributed by atoms with Crippen molar-refractivity contribution in [2.24, 2.45) is 0 Å². The molecule has 2 aromatic rings. The predicted octanol–water partition coefficient (Wildman–Crippen LogP) is 2.64. The fourth-order valence-corrected chi connectivity index (χ4v) is 2.09. The molecule has 0 aliphatic carbocycles. The molecule has 22 heavy (non-hydrogen) atoms. The summed E-state index contributed by atoms with van der Waals surface area (Å²) in [5.41, 5.74) is 1.21. The SMILES string of the molecule is COc1ccc(C(CC(=O)O)NC(=O)c2ccccc2)cc1. The monoisotopic (exact) mass is 299 g/mol. The van der Waals surface area contributed by atoms with E-state index in [-0.39, 0.29) is 12.3 Å². The summed E-state index contributed by atoms with van der Waals surface area (Å²) in [7, 11) is 1.56. The van der Waals surface area contributed by atoms with E-state index in [1.165, 1.54) is 0 Å². The third-order valence-electron chi connectivity index (χ3n) is 3.24. The molecule has 0 heterocycles. The highest BCUT2D eigenvalue weighted by Gasteiger charge is 2.18. The number of carbonyl (C=O) groups is 2. The van der Waals surface area contributed by atoms with Gasteiger partial charge in [-0.05, 0) is 29.8 Å². The van der Waals surface area contributed by atoms with Gasteiger partial charge in [0.05, 0.1) is 19.6 Å². The molecule has 2 N–H and O–H groups in total. The summed E-state index contributed by atoms with van der Waals surface area (Å²) in [6.45, 7) is 0. The zero-order valence-electron chi connectivity index (χ0n) is 12.2. The second kappa shape index (κ2) is 7.26. The quantitative estimate of drug-likeness (QED) is 0.859. The van der Waals surface area contributed by atoms with Crippen molar-refractivity contribution >= 4 is 11.9 Å². The van der Waals surface area contributed by atoms with Gasteiger partial charge >= 0.3 is 5.97 Å². The first kappa shape index (κ1) is 15.6. The highest BCUT2D eigenvalue weighted by Crippen LogP contribution is 2.21. The molecule has 1 unspecified atom stereocenters. The van der Waals surface area contributed by atoms with Crippen molar-refractivity contribution in [2.45, 2.75) is 12.5 Å². The van der Waals surface area contributed by atoms with Crippen molar-refractivity contribution < 1.29 is 19.4 Å². The topological polar surface area (TPSA) is 75.6 Å². The average Bonchev–Trinajstić information content (AvgIpc) is 2.54. The number of rotatable bonds is 6. The molecule has 0 radical (unpaired) electrons. The van der Waals surface area contributed by atoms with Crippen LogP contribution >= 0.6 is 0 Å². The van der Waals surface area contributed by atoms with E-state index in [4.69, 9.17) is 9.84 Å². The molecule has 0 spiro atoms. The second-order valence-corrected chi connectivity index (χ2v) is 4.76. The van der Waals surface area contributed by atoms with Crippen LogP contribution in [0.3, 0.4) is 0 Å². The molecule has 0 fully saturated rings. The van der Waals surface area contributed by atoms with Gasteiger partial charge in [-0.3, -0.25) is 9.59 Å². The number of hydrogen-bond donors (Lipinski definition) is 2. The number of carbonyl (C=O) groups excluding carboxylic acids is 1. The molecule has 0 aliphatic rings. The van der Waals surface area contributed by atoms with Crippen LogP contribution in [0.1, 0.15) is 28.4 Å². The van der Waals surface area contributed by atoms with Crippen LogP contribution in [-0.2, 0) is 4.79 Å². The zero-order valence-corrected chi connectivity index (χ0v) is 12.2. The predicted molar refractivity (Wildman–Crippen MR) is 81.9 cm³/mol. The molecule has 2 aromatic carbocycles. The van der Waals surface area contributed by atoms with Gasteiger partial charge in [0, 0.05) is 5.56 Å². The highest BCUT2D eigenvalue weighted by molar-refractivity contribution is 5.94. The Morgan fingerprint density at radius 2 is 1.73 bits per heavy atom. The van der Waals surface area contributed by atoms with Crippen LogP contribution in [0.25, 0.3) is 0 Å². The molecule has 0 saturated heterocycles. The summed E-state index contributed by atoms with van der Waals surface area (Å²) in [4.78, 5) is 23.3. The number of hydrogen-bond acceptors (Lipinski definition) is 3. The molecule has 1 atom stereocenters. The van der Waals surface area contributed by atoms with Gasteiger partial charge in [0.15, 0.2) is 0 Å². The van der Waals surface area contributed by atoms with Crippen LogP contribution < -0.4 is 10.1 Å². The Bertz CT molecular complexity index is 637. The highest BCUT2D eigenvalue weighted by atomic mass is 16.5. The standard InChI is InChI=1S/C17H17NO4/c1-22-14-9-7-12(8-10-14)15(11-16(19)20)18-17(21)13-5-3-2-4-6-13/h2-10,15H,11H2,1H3,(H,18,21)(H,19,20). The first-order valence-electron chi connectivity index (χ1n) is 6.82. The van der Waals surface area contributed by atoms with E-state index in [9.17, 15) is 9.59 Å². The molecule has 5 nitrogen and oxygen atoms in total. The van der Waals surface area contributed by atoms with E-state index in [0.29, 0.717) is 16.9 Å². The van der Waals surface area contributed by atoms with Crippen LogP contribution in [0, 0.1) is 0 Å². The lowest BCUT2D eigenvalue weighted by molar-refractivity contribution is -0.137.